The van der Waals surface area contributed by atoms with E-state index in [4.69, 9.17) is 5.10 Å². The molecule has 0 spiro atoms. The molecule has 1 heterocycles. The Morgan fingerprint density at radius 1 is 0.852 bits per heavy atom. The summed E-state index contributed by atoms with van der Waals surface area (Å²) in [6.07, 6.45) is 1.39. The van der Waals surface area contributed by atoms with E-state index in [-0.39, 0.29) is 17.7 Å². The Morgan fingerprint density at radius 3 is 2.04 bits per heavy atom. The van der Waals surface area contributed by atoms with Crippen molar-refractivity contribution in [2.24, 2.45) is 5.10 Å². The predicted octanol–water partition coefficient (Wildman–Crippen LogP) is 5.13. The van der Waals surface area contributed by atoms with Crippen molar-refractivity contribution in [1.82, 2.24) is 0 Å². The number of rotatable bonds is 4. The summed E-state index contributed by atoms with van der Waals surface area (Å²) in [5.41, 5.74) is 4.00. The molecule has 3 nitrogen and oxygen atoms in total. The standard InChI is InChI=1S/C22H16F2N2O/c23-18-7-3-16(4-8-18)21-13-22(17-5-9-19(24)10-6-17)26(25-21)20-11-1-15(14-27)2-12-20/h1-12,14,22H,13H2. The zero-order chi connectivity index (χ0) is 18.8. The van der Waals surface area contributed by atoms with Crippen molar-refractivity contribution in [3.63, 3.8) is 0 Å². The van der Waals surface area contributed by atoms with Gasteiger partial charge in [0.05, 0.1) is 17.4 Å². The van der Waals surface area contributed by atoms with E-state index in [1.165, 1.54) is 24.3 Å². The summed E-state index contributed by atoms with van der Waals surface area (Å²) < 4.78 is 26.6. The van der Waals surface area contributed by atoms with E-state index >= 15 is 0 Å². The van der Waals surface area contributed by atoms with Crippen molar-refractivity contribution in [2.75, 3.05) is 5.01 Å². The van der Waals surface area contributed by atoms with Gasteiger partial charge in [0, 0.05) is 12.0 Å². The summed E-state index contributed by atoms with van der Waals surface area (Å²) in [6.45, 7) is 0. The molecular weight excluding hydrogens is 346 g/mol. The highest BCUT2D eigenvalue weighted by Gasteiger charge is 2.30. The smallest absolute Gasteiger partial charge is 0.150 e. The number of aldehydes is 1. The molecule has 1 aliphatic rings. The van der Waals surface area contributed by atoms with Crippen molar-refractivity contribution in [2.45, 2.75) is 12.5 Å². The predicted molar refractivity (Wildman–Crippen MR) is 101 cm³/mol. The van der Waals surface area contributed by atoms with E-state index in [0.717, 1.165) is 28.8 Å². The Labute approximate surface area is 155 Å². The van der Waals surface area contributed by atoms with Crippen LogP contribution in [0.1, 0.15) is 33.9 Å². The lowest BCUT2D eigenvalue weighted by molar-refractivity contribution is 0.112. The van der Waals surface area contributed by atoms with E-state index in [2.05, 4.69) is 0 Å². The topological polar surface area (TPSA) is 32.7 Å². The molecule has 3 aromatic carbocycles. The van der Waals surface area contributed by atoms with Crippen LogP contribution in [0.5, 0.6) is 0 Å². The molecule has 0 aromatic heterocycles. The van der Waals surface area contributed by atoms with Gasteiger partial charge in [0.2, 0.25) is 0 Å². The molecular formula is C22H16F2N2O. The number of nitrogens with zero attached hydrogens (tertiary/aromatic N) is 2. The highest BCUT2D eigenvalue weighted by Crippen LogP contribution is 2.36. The number of carbonyl (C=O) groups is 1. The van der Waals surface area contributed by atoms with Crippen molar-refractivity contribution in [1.29, 1.82) is 0 Å². The summed E-state index contributed by atoms with van der Waals surface area (Å²) in [4.78, 5) is 10.9. The first-order chi connectivity index (χ1) is 13.1. The van der Waals surface area contributed by atoms with Gasteiger partial charge in [0.15, 0.2) is 0 Å². The SMILES string of the molecule is O=Cc1ccc(N2N=C(c3ccc(F)cc3)CC2c2ccc(F)cc2)cc1. The molecule has 0 bridgehead atoms. The lowest BCUT2D eigenvalue weighted by Crippen LogP contribution is -2.18. The molecule has 1 atom stereocenters. The van der Waals surface area contributed by atoms with Crippen LogP contribution in [0.25, 0.3) is 0 Å². The molecule has 0 amide bonds. The minimum absolute atomic E-state index is 0.118. The Kier molecular flexibility index (Phi) is 4.50. The van der Waals surface area contributed by atoms with Gasteiger partial charge < -0.3 is 0 Å². The second-order valence-electron chi connectivity index (χ2n) is 6.38. The van der Waals surface area contributed by atoms with Gasteiger partial charge in [-0.05, 0) is 59.7 Å². The maximum absolute atomic E-state index is 13.3. The second kappa shape index (κ2) is 7.11. The van der Waals surface area contributed by atoms with Gasteiger partial charge in [-0.15, -0.1) is 0 Å². The van der Waals surface area contributed by atoms with Crippen LogP contribution in [0, 0.1) is 11.6 Å². The summed E-state index contributed by atoms with van der Waals surface area (Å²) in [5.74, 6) is -0.591. The Morgan fingerprint density at radius 2 is 1.44 bits per heavy atom. The van der Waals surface area contributed by atoms with Crippen molar-refractivity contribution >= 4 is 17.7 Å². The van der Waals surface area contributed by atoms with E-state index in [1.807, 2.05) is 17.1 Å². The van der Waals surface area contributed by atoms with Crippen LogP contribution in [0.3, 0.4) is 0 Å². The maximum atomic E-state index is 13.3. The maximum Gasteiger partial charge on any atom is 0.150 e. The zero-order valence-electron chi connectivity index (χ0n) is 14.3. The lowest BCUT2D eigenvalue weighted by Gasteiger charge is -2.24. The first-order valence-corrected chi connectivity index (χ1v) is 8.57. The Balaban J connectivity index is 1.73. The number of anilines is 1. The fourth-order valence-electron chi connectivity index (χ4n) is 3.22. The van der Waals surface area contributed by atoms with Crippen molar-refractivity contribution < 1.29 is 13.6 Å². The number of carbonyl (C=O) groups excluding carboxylic acids is 1. The van der Waals surface area contributed by atoms with Gasteiger partial charge in [-0.3, -0.25) is 9.80 Å². The number of halogens is 2. The second-order valence-corrected chi connectivity index (χ2v) is 6.38. The quantitative estimate of drug-likeness (QED) is 0.603. The number of hydrogen-bond donors (Lipinski definition) is 0. The largest absolute Gasteiger partial charge is 0.298 e. The molecule has 27 heavy (non-hydrogen) atoms. The van der Waals surface area contributed by atoms with Crippen molar-refractivity contribution in [3.05, 3.63) is 101 Å². The van der Waals surface area contributed by atoms with Gasteiger partial charge in [0.1, 0.15) is 17.9 Å². The summed E-state index contributed by atoms with van der Waals surface area (Å²) in [6, 6.07) is 19.6. The highest BCUT2D eigenvalue weighted by atomic mass is 19.1. The fraction of sp³-hybridized carbons (Fsp3) is 0.0909. The third kappa shape index (κ3) is 3.49. The van der Waals surface area contributed by atoms with E-state index < -0.39 is 0 Å². The van der Waals surface area contributed by atoms with Gasteiger partial charge in [-0.25, -0.2) is 8.78 Å². The van der Waals surface area contributed by atoms with Gasteiger partial charge in [0.25, 0.3) is 0 Å². The van der Waals surface area contributed by atoms with Crippen LogP contribution < -0.4 is 5.01 Å². The normalized spacial score (nSPS) is 16.3. The number of hydrazone groups is 1. The molecule has 0 saturated heterocycles. The zero-order valence-corrected chi connectivity index (χ0v) is 14.3. The molecule has 0 saturated carbocycles. The Hall–Kier alpha value is -3.34. The van der Waals surface area contributed by atoms with Gasteiger partial charge in [-0.2, -0.15) is 5.10 Å². The Bertz CT molecular complexity index is 980. The van der Waals surface area contributed by atoms with Crippen LogP contribution in [0.4, 0.5) is 14.5 Å². The molecule has 4 rings (SSSR count). The minimum Gasteiger partial charge on any atom is -0.298 e. The molecule has 1 unspecified atom stereocenters. The highest BCUT2D eigenvalue weighted by molar-refractivity contribution is 6.03. The molecule has 0 aliphatic carbocycles. The average molecular weight is 362 g/mol. The van der Waals surface area contributed by atoms with Crippen LogP contribution in [-0.2, 0) is 0 Å². The van der Waals surface area contributed by atoms with Crippen LogP contribution in [0.2, 0.25) is 0 Å². The monoisotopic (exact) mass is 362 g/mol. The first-order valence-electron chi connectivity index (χ1n) is 8.57. The summed E-state index contributed by atoms with van der Waals surface area (Å²) >= 11 is 0. The first kappa shape index (κ1) is 17.1. The molecule has 0 radical (unpaired) electrons. The molecule has 134 valence electrons. The minimum atomic E-state index is -0.297. The molecule has 3 aromatic rings. The number of benzene rings is 3. The van der Waals surface area contributed by atoms with Crippen LogP contribution in [0.15, 0.2) is 77.9 Å². The number of hydrogen-bond acceptors (Lipinski definition) is 3. The van der Waals surface area contributed by atoms with Crippen molar-refractivity contribution in [3.8, 4) is 0 Å². The lowest BCUT2D eigenvalue weighted by atomic mass is 9.98. The summed E-state index contributed by atoms with van der Waals surface area (Å²) in [7, 11) is 0. The van der Waals surface area contributed by atoms with E-state index in [0.29, 0.717) is 12.0 Å². The fourth-order valence-corrected chi connectivity index (χ4v) is 3.22. The van der Waals surface area contributed by atoms with Gasteiger partial charge in [-0.1, -0.05) is 24.3 Å². The molecule has 0 fully saturated rings. The molecule has 1 aliphatic heterocycles. The van der Waals surface area contributed by atoms with E-state index in [9.17, 15) is 13.6 Å². The third-order valence-electron chi connectivity index (χ3n) is 4.64. The third-order valence-corrected chi connectivity index (χ3v) is 4.64. The average Bonchev–Trinajstić information content (AvgIpc) is 3.14. The van der Waals surface area contributed by atoms with E-state index in [1.54, 1.807) is 36.4 Å². The summed E-state index contributed by atoms with van der Waals surface area (Å²) in [5, 5.41) is 6.60. The molecule has 0 N–H and O–H groups in total. The van der Waals surface area contributed by atoms with Crippen LogP contribution in [-0.4, -0.2) is 12.0 Å². The molecule has 5 heteroatoms. The van der Waals surface area contributed by atoms with Crippen LogP contribution >= 0.6 is 0 Å². The van der Waals surface area contributed by atoms with Gasteiger partial charge >= 0.3 is 0 Å².